The van der Waals surface area contributed by atoms with Gasteiger partial charge in [0, 0.05) is 24.8 Å². The first-order valence-electron chi connectivity index (χ1n) is 8.63. The van der Waals surface area contributed by atoms with Crippen molar-refractivity contribution in [3.8, 4) is 22.8 Å². The Morgan fingerprint density at radius 2 is 2.07 bits per heavy atom. The van der Waals surface area contributed by atoms with Crippen molar-refractivity contribution in [2.45, 2.75) is 6.92 Å². The first kappa shape index (κ1) is 16.2. The third-order valence-corrected chi connectivity index (χ3v) is 4.58. The quantitative estimate of drug-likeness (QED) is 0.466. The van der Waals surface area contributed by atoms with E-state index in [2.05, 4.69) is 25.3 Å². The number of rotatable bonds is 3. The first-order chi connectivity index (χ1) is 13.7. The minimum atomic E-state index is -0.214. The monoisotopic (exact) mass is 374 g/mol. The topological polar surface area (TPSA) is 106 Å². The Bertz CT molecular complexity index is 1380. The van der Waals surface area contributed by atoms with Gasteiger partial charge in [-0.05, 0) is 18.2 Å². The lowest BCUT2D eigenvalue weighted by Gasteiger charge is -2.08. The number of pyridine rings is 1. The van der Waals surface area contributed by atoms with Crippen LogP contribution in [0.25, 0.3) is 33.8 Å². The highest BCUT2D eigenvalue weighted by Gasteiger charge is 2.24. The molecule has 4 aromatic heterocycles. The summed E-state index contributed by atoms with van der Waals surface area (Å²) in [5.74, 6) is 2.45. The van der Waals surface area contributed by atoms with Crippen LogP contribution in [0.4, 0.5) is 0 Å². The summed E-state index contributed by atoms with van der Waals surface area (Å²) in [7, 11) is 1.61. The second-order valence-electron chi connectivity index (χ2n) is 6.33. The van der Waals surface area contributed by atoms with Gasteiger partial charge in [0.2, 0.25) is 5.82 Å². The molecule has 5 aromatic rings. The van der Waals surface area contributed by atoms with Crippen LogP contribution >= 0.6 is 0 Å². The molecule has 0 unspecified atom stereocenters. The number of fused-ring (bicyclic) bond motifs is 2. The first-order valence-corrected chi connectivity index (χ1v) is 8.63. The minimum Gasteiger partial charge on any atom is -0.497 e. The fourth-order valence-electron chi connectivity index (χ4n) is 3.35. The molecule has 9 heteroatoms. The third-order valence-electron chi connectivity index (χ3n) is 4.58. The predicted molar refractivity (Wildman–Crippen MR) is 102 cm³/mol. The maximum absolute atomic E-state index is 13.4. The van der Waals surface area contributed by atoms with Crippen LogP contribution in [0.3, 0.4) is 0 Å². The summed E-state index contributed by atoms with van der Waals surface area (Å²) in [5.41, 5.74) is 1.82. The van der Waals surface area contributed by atoms with Gasteiger partial charge in [-0.25, -0.2) is 5.10 Å². The number of nitrogens with zero attached hydrogens (tertiary/aromatic N) is 5. The molecule has 138 valence electrons. The van der Waals surface area contributed by atoms with E-state index in [0.29, 0.717) is 39.8 Å². The normalized spacial score (nSPS) is 11.4. The standard InChI is InChI=1S/C19H15N7O2/c1-11-21-19-22-14-7-9-25(15-6-8-20-23-15)18(27)16(14)17(26(19)24-11)12-4-3-5-13(10-12)28-2/h3-10H,1-2H3,(H,20,23)/p+1. The zero-order chi connectivity index (χ0) is 19.3. The van der Waals surface area contributed by atoms with Crippen LogP contribution in [0.2, 0.25) is 0 Å². The number of aromatic nitrogens is 7. The molecule has 28 heavy (non-hydrogen) atoms. The Morgan fingerprint density at radius 1 is 1.18 bits per heavy atom. The van der Waals surface area contributed by atoms with E-state index in [-0.39, 0.29) is 5.56 Å². The summed E-state index contributed by atoms with van der Waals surface area (Å²) in [6.45, 7) is 1.84. The molecule has 0 aliphatic carbocycles. The Labute approximate surface area is 158 Å². The molecule has 0 atom stereocenters. The number of hydrogen-bond donors (Lipinski definition) is 2. The second-order valence-corrected chi connectivity index (χ2v) is 6.33. The van der Waals surface area contributed by atoms with E-state index < -0.39 is 0 Å². The Hall–Kier alpha value is -4.01. The van der Waals surface area contributed by atoms with E-state index in [1.807, 2.05) is 31.2 Å². The van der Waals surface area contributed by atoms with E-state index in [9.17, 15) is 4.79 Å². The SMILES string of the molecule is COc1cccc(-c2c3c(=O)n(-c4ccn[nH]4)ccc3nc3nc(C)[nH][n+]23)c1. The lowest BCUT2D eigenvalue weighted by molar-refractivity contribution is -0.567. The van der Waals surface area contributed by atoms with Gasteiger partial charge in [-0.2, -0.15) is 5.10 Å². The minimum absolute atomic E-state index is 0.214. The van der Waals surface area contributed by atoms with Gasteiger partial charge in [0.15, 0.2) is 11.2 Å². The molecule has 0 amide bonds. The van der Waals surface area contributed by atoms with Crippen molar-refractivity contribution in [3.63, 3.8) is 0 Å². The molecule has 0 aliphatic heterocycles. The third kappa shape index (κ3) is 2.37. The maximum atomic E-state index is 13.4. The summed E-state index contributed by atoms with van der Waals surface area (Å²) in [6.07, 6.45) is 3.28. The number of methoxy groups -OCH3 is 1. The fraction of sp³-hybridized carbons (Fsp3) is 0.105. The zero-order valence-corrected chi connectivity index (χ0v) is 15.2. The summed E-state index contributed by atoms with van der Waals surface area (Å²) < 4.78 is 8.61. The summed E-state index contributed by atoms with van der Waals surface area (Å²) in [6, 6.07) is 11.1. The Morgan fingerprint density at radius 3 is 2.86 bits per heavy atom. The Kier molecular flexibility index (Phi) is 3.48. The van der Waals surface area contributed by atoms with Crippen molar-refractivity contribution in [1.29, 1.82) is 0 Å². The molecular formula is C19H16N7O2+. The smallest absolute Gasteiger partial charge is 0.458 e. The van der Waals surface area contributed by atoms with Crippen molar-refractivity contribution in [2.75, 3.05) is 7.11 Å². The van der Waals surface area contributed by atoms with E-state index in [4.69, 9.17) is 4.74 Å². The number of benzene rings is 1. The van der Waals surface area contributed by atoms with Crippen molar-refractivity contribution in [2.24, 2.45) is 0 Å². The van der Waals surface area contributed by atoms with Crippen molar-refractivity contribution < 1.29 is 9.25 Å². The lowest BCUT2D eigenvalue weighted by Crippen LogP contribution is -2.31. The average molecular weight is 374 g/mol. The summed E-state index contributed by atoms with van der Waals surface area (Å²) in [4.78, 5) is 22.4. The molecule has 0 aliphatic rings. The molecular weight excluding hydrogens is 358 g/mol. The lowest BCUT2D eigenvalue weighted by atomic mass is 10.1. The van der Waals surface area contributed by atoms with Gasteiger partial charge >= 0.3 is 5.78 Å². The highest BCUT2D eigenvalue weighted by atomic mass is 16.5. The van der Waals surface area contributed by atoms with Gasteiger partial charge in [0.25, 0.3) is 5.56 Å². The van der Waals surface area contributed by atoms with Gasteiger partial charge in [-0.3, -0.25) is 14.5 Å². The molecule has 2 N–H and O–H groups in total. The van der Waals surface area contributed by atoms with Crippen LogP contribution in [-0.4, -0.2) is 36.9 Å². The predicted octanol–water partition coefficient (Wildman–Crippen LogP) is 1.55. The maximum Gasteiger partial charge on any atom is 0.458 e. The molecule has 0 radical (unpaired) electrons. The van der Waals surface area contributed by atoms with Crippen molar-refractivity contribution >= 4 is 16.7 Å². The molecule has 0 spiro atoms. The largest absolute Gasteiger partial charge is 0.497 e. The number of H-pyrrole nitrogens is 2. The molecule has 0 saturated carbocycles. The number of aromatic amines is 2. The molecule has 0 bridgehead atoms. The van der Waals surface area contributed by atoms with Crippen LogP contribution < -0.4 is 14.8 Å². The van der Waals surface area contributed by atoms with Gasteiger partial charge in [-0.1, -0.05) is 22.1 Å². The van der Waals surface area contributed by atoms with E-state index in [1.54, 1.807) is 36.2 Å². The van der Waals surface area contributed by atoms with Gasteiger partial charge in [-0.15, -0.1) is 4.52 Å². The zero-order valence-electron chi connectivity index (χ0n) is 15.2. The van der Waals surface area contributed by atoms with Gasteiger partial charge in [0.1, 0.15) is 17.0 Å². The number of hydrogen-bond acceptors (Lipinski definition) is 5. The average Bonchev–Trinajstić information content (AvgIpc) is 3.35. The highest BCUT2D eigenvalue weighted by molar-refractivity contribution is 5.91. The summed E-state index contributed by atoms with van der Waals surface area (Å²) in [5, 5.41) is 10.4. The molecule has 1 aromatic carbocycles. The van der Waals surface area contributed by atoms with E-state index >= 15 is 0 Å². The number of ether oxygens (including phenoxy) is 1. The van der Waals surface area contributed by atoms with Crippen molar-refractivity contribution in [3.05, 3.63) is 65.0 Å². The number of aryl methyl sites for hydroxylation is 1. The van der Waals surface area contributed by atoms with Crippen LogP contribution in [0.5, 0.6) is 5.75 Å². The Balaban J connectivity index is 1.95. The molecule has 0 fully saturated rings. The molecule has 9 nitrogen and oxygen atoms in total. The van der Waals surface area contributed by atoms with Crippen LogP contribution in [0.1, 0.15) is 5.82 Å². The molecule has 5 rings (SSSR count). The number of nitrogens with one attached hydrogen (secondary N) is 2. The van der Waals surface area contributed by atoms with Gasteiger partial charge in [0.05, 0.1) is 13.3 Å². The highest BCUT2D eigenvalue weighted by Crippen LogP contribution is 2.26. The van der Waals surface area contributed by atoms with Crippen LogP contribution in [-0.2, 0) is 0 Å². The fourth-order valence-corrected chi connectivity index (χ4v) is 3.35. The van der Waals surface area contributed by atoms with E-state index in [1.165, 1.54) is 4.57 Å². The van der Waals surface area contributed by atoms with E-state index in [0.717, 1.165) is 5.56 Å². The van der Waals surface area contributed by atoms with Gasteiger partial charge < -0.3 is 4.74 Å². The second kappa shape index (κ2) is 6.02. The van der Waals surface area contributed by atoms with Crippen molar-refractivity contribution in [1.82, 2.24) is 29.8 Å². The van der Waals surface area contributed by atoms with Crippen LogP contribution in [0, 0.1) is 6.92 Å². The summed E-state index contributed by atoms with van der Waals surface area (Å²) >= 11 is 0. The molecule has 0 saturated heterocycles. The molecule has 4 heterocycles. The van der Waals surface area contributed by atoms with Crippen LogP contribution in [0.15, 0.2) is 53.6 Å².